The van der Waals surface area contributed by atoms with E-state index < -0.39 is 18.2 Å². The number of nitrogens with one attached hydrogen (secondary N) is 1. The molecule has 5 heteroatoms. The third-order valence-electron chi connectivity index (χ3n) is 12.5. The average Bonchev–Trinajstić information content (AvgIpc) is 3.20. The molecule has 336 valence electrons. The lowest BCUT2D eigenvalue weighted by Gasteiger charge is -2.26. The fraction of sp³-hybridized carbons (Fsp3) is 0.980. The Bertz CT molecular complexity index is 747. The highest BCUT2D eigenvalue weighted by Crippen LogP contribution is 2.18. The van der Waals surface area contributed by atoms with Crippen LogP contribution in [0.4, 0.5) is 0 Å². The van der Waals surface area contributed by atoms with Crippen molar-refractivity contribution in [3.63, 3.8) is 0 Å². The van der Waals surface area contributed by atoms with Crippen molar-refractivity contribution in [2.75, 3.05) is 6.61 Å². The molecule has 0 aromatic heterocycles. The summed E-state index contributed by atoms with van der Waals surface area (Å²) in [5.74, 6) is -0.137. The van der Waals surface area contributed by atoms with Gasteiger partial charge in [-0.3, -0.25) is 4.79 Å². The van der Waals surface area contributed by atoms with Gasteiger partial charge < -0.3 is 20.6 Å². The van der Waals surface area contributed by atoms with E-state index in [1.54, 1.807) is 0 Å². The van der Waals surface area contributed by atoms with Crippen molar-refractivity contribution in [1.29, 1.82) is 0 Å². The summed E-state index contributed by atoms with van der Waals surface area (Å²) < 4.78 is 0. The Hall–Kier alpha value is -0.650. The van der Waals surface area contributed by atoms with E-state index in [1.807, 2.05) is 0 Å². The fourth-order valence-corrected chi connectivity index (χ4v) is 8.46. The second kappa shape index (κ2) is 47.0. The van der Waals surface area contributed by atoms with E-state index in [0.29, 0.717) is 12.8 Å². The summed E-state index contributed by atoms with van der Waals surface area (Å²) in [5.41, 5.74) is 0. The Kier molecular flexibility index (Phi) is 46.5. The van der Waals surface area contributed by atoms with E-state index in [4.69, 9.17) is 0 Å². The molecule has 0 heterocycles. The molecule has 0 saturated heterocycles. The van der Waals surface area contributed by atoms with Crippen molar-refractivity contribution in [3.05, 3.63) is 0 Å². The second-order valence-corrected chi connectivity index (χ2v) is 18.1. The minimum absolute atomic E-state index is 0.137. The standard InChI is InChI=1S/C51H103NO4/c1-3-5-7-9-11-13-15-17-19-21-23-24-25-26-27-28-29-31-33-35-37-39-41-43-45-49(54)51(56)48(47-53)52-50(55)46-44-42-40-38-36-34-32-30-22-20-18-16-14-12-10-8-6-4-2/h48-49,51,53-54,56H,3-47H2,1-2H3,(H,52,55). The zero-order valence-electron chi connectivity index (χ0n) is 38.3. The molecular formula is C51H103NO4. The molecule has 0 aliphatic carbocycles. The smallest absolute Gasteiger partial charge is 0.220 e. The topological polar surface area (TPSA) is 89.8 Å². The van der Waals surface area contributed by atoms with E-state index in [2.05, 4.69) is 19.2 Å². The molecule has 3 atom stereocenters. The van der Waals surface area contributed by atoms with Crippen LogP contribution in [0.25, 0.3) is 0 Å². The van der Waals surface area contributed by atoms with E-state index in [0.717, 1.165) is 32.1 Å². The largest absolute Gasteiger partial charge is 0.394 e. The number of aliphatic hydroxyl groups is 3. The maximum absolute atomic E-state index is 12.5. The zero-order chi connectivity index (χ0) is 40.8. The normalized spacial score (nSPS) is 13.3. The van der Waals surface area contributed by atoms with Gasteiger partial charge in [0.1, 0.15) is 6.10 Å². The summed E-state index contributed by atoms with van der Waals surface area (Å²) in [6.45, 7) is 4.22. The fourth-order valence-electron chi connectivity index (χ4n) is 8.46. The first kappa shape index (κ1) is 55.4. The van der Waals surface area contributed by atoms with Gasteiger partial charge in [-0.1, -0.05) is 277 Å². The molecule has 0 aliphatic rings. The molecule has 0 saturated carbocycles. The first-order valence-electron chi connectivity index (χ1n) is 25.8. The molecule has 0 bridgehead atoms. The summed E-state index contributed by atoms with van der Waals surface area (Å²) in [5, 5.41) is 33.7. The van der Waals surface area contributed by atoms with Crippen LogP contribution in [0.3, 0.4) is 0 Å². The van der Waals surface area contributed by atoms with Gasteiger partial charge in [0.05, 0.1) is 18.8 Å². The van der Waals surface area contributed by atoms with Gasteiger partial charge in [0.25, 0.3) is 0 Å². The van der Waals surface area contributed by atoms with Gasteiger partial charge in [0.2, 0.25) is 5.91 Å². The molecule has 0 radical (unpaired) electrons. The van der Waals surface area contributed by atoms with Crippen LogP contribution >= 0.6 is 0 Å². The van der Waals surface area contributed by atoms with Crippen LogP contribution in [0.15, 0.2) is 0 Å². The molecular weight excluding hydrogens is 691 g/mol. The van der Waals surface area contributed by atoms with Crippen molar-refractivity contribution in [2.24, 2.45) is 0 Å². The van der Waals surface area contributed by atoms with Crippen LogP contribution in [-0.4, -0.2) is 46.1 Å². The number of aliphatic hydroxyl groups excluding tert-OH is 3. The molecule has 0 rings (SSSR count). The van der Waals surface area contributed by atoms with E-state index in [9.17, 15) is 20.1 Å². The Balaban J connectivity index is 3.52. The monoisotopic (exact) mass is 794 g/mol. The molecule has 56 heavy (non-hydrogen) atoms. The lowest BCUT2D eigenvalue weighted by molar-refractivity contribution is -0.124. The summed E-state index contributed by atoms with van der Waals surface area (Å²) in [6, 6.07) is -0.803. The van der Waals surface area contributed by atoms with Gasteiger partial charge in [0, 0.05) is 6.42 Å². The van der Waals surface area contributed by atoms with Crippen molar-refractivity contribution < 1.29 is 20.1 Å². The first-order valence-corrected chi connectivity index (χ1v) is 25.8. The molecule has 0 aromatic carbocycles. The maximum atomic E-state index is 12.5. The SMILES string of the molecule is CCCCCCCCCCCCCCCCCCCCCCCCCCC(O)C(O)C(CO)NC(=O)CCCCCCCCCCCCCCCCCCCC. The molecule has 0 fully saturated rings. The third-order valence-corrected chi connectivity index (χ3v) is 12.5. The molecule has 3 unspecified atom stereocenters. The predicted octanol–water partition coefficient (Wildman–Crippen LogP) is 15.4. The van der Waals surface area contributed by atoms with E-state index in [-0.39, 0.29) is 12.5 Å². The number of rotatable bonds is 48. The molecule has 5 nitrogen and oxygen atoms in total. The summed E-state index contributed by atoms with van der Waals surface area (Å²) in [4.78, 5) is 12.5. The highest BCUT2D eigenvalue weighted by Gasteiger charge is 2.26. The number of unbranched alkanes of at least 4 members (excludes halogenated alkanes) is 40. The number of hydrogen-bond donors (Lipinski definition) is 4. The van der Waals surface area contributed by atoms with Crippen LogP contribution in [0, 0.1) is 0 Å². The van der Waals surface area contributed by atoms with Gasteiger partial charge in [0.15, 0.2) is 0 Å². The van der Waals surface area contributed by atoms with Crippen molar-refractivity contribution in [1.82, 2.24) is 5.32 Å². The van der Waals surface area contributed by atoms with Gasteiger partial charge >= 0.3 is 0 Å². The highest BCUT2D eigenvalue weighted by molar-refractivity contribution is 5.76. The minimum Gasteiger partial charge on any atom is -0.394 e. The van der Waals surface area contributed by atoms with Crippen LogP contribution < -0.4 is 5.32 Å². The van der Waals surface area contributed by atoms with Crippen molar-refractivity contribution in [2.45, 2.75) is 315 Å². The van der Waals surface area contributed by atoms with Crippen LogP contribution in [0.5, 0.6) is 0 Å². The van der Waals surface area contributed by atoms with E-state index in [1.165, 1.54) is 238 Å². The lowest BCUT2D eigenvalue weighted by Crippen LogP contribution is -2.50. The van der Waals surface area contributed by atoms with E-state index >= 15 is 0 Å². The number of carbonyl (C=O) groups is 1. The molecule has 4 N–H and O–H groups in total. The van der Waals surface area contributed by atoms with Gasteiger partial charge in [-0.2, -0.15) is 0 Å². The predicted molar refractivity (Wildman–Crippen MR) is 246 cm³/mol. The summed E-state index contributed by atoms with van der Waals surface area (Å²) in [7, 11) is 0. The van der Waals surface area contributed by atoms with Crippen molar-refractivity contribution >= 4 is 5.91 Å². The van der Waals surface area contributed by atoms with Gasteiger partial charge in [-0.15, -0.1) is 0 Å². The number of carbonyl (C=O) groups excluding carboxylic acids is 1. The van der Waals surface area contributed by atoms with Crippen LogP contribution in [0.2, 0.25) is 0 Å². The molecule has 0 aliphatic heterocycles. The zero-order valence-corrected chi connectivity index (χ0v) is 38.3. The molecule has 0 aromatic rings. The Morgan fingerprint density at radius 3 is 0.857 bits per heavy atom. The van der Waals surface area contributed by atoms with Gasteiger partial charge in [-0.05, 0) is 12.8 Å². The number of amides is 1. The minimum atomic E-state index is -1.13. The third kappa shape index (κ3) is 41.5. The second-order valence-electron chi connectivity index (χ2n) is 18.1. The Morgan fingerprint density at radius 2 is 0.607 bits per heavy atom. The average molecular weight is 794 g/mol. The lowest BCUT2D eigenvalue weighted by atomic mass is 9.99. The molecule has 0 spiro atoms. The maximum Gasteiger partial charge on any atom is 0.220 e. The van der Waals surface area contributed by atoms with Crippen LogP contribution in [-0.2, 0) is 4.79 Å². The first-order chi connectivity index (χ1) is 27.6. The van der Waals surface area contributed by atoms with Gasteiger partial charge in [-0.25, -0.2) is 0 Å². The molecule has 1 amide bonds. The Morgan fingerprint density at radius 1 is 0.375 bits per heavy atom. The Labute approximate surface area is 351 Å². The quantitative estimate of drug-likeness (QED) is 0.0462. The number of hydrogen-bond acceptors (Lipinski definition) is 4. The summed E-state index contributed by atoms with van der Waals surface area (Å²) in [6.07, 6.45) is 55.2. The van der Waals surface area contributed by atoms with Crippen molar-refractivity contribution in [3.8, 4) is 0 Å². The van der Waals surface area contributed by atoms with Crippen LogP contribution in [0.1, 0.15) is 296 Å². The highest BCUT2D eigenvalue weighted by atomic mass is 16.3. The summed E-state index contributed by atoms with van der Waals surface area (Å²) >= 11 is 0.